The van der Waals surface area contributed by atoms with Crippen LogP contribution in [0.15, 0.2) is 42.7 Å². The Balaban J connectivity index is 1.41. The second-order valence-electron chi connectivity index (χ2n) is 8.21. The number of halogens is 1. The molecule has 2 saturated heterocycles. The number of nitrogens with zero attached hydrogens (tertiary/aromatic N) is 6. The molecule has 2 aromatic heterocycles. The lowest BCUT2D eigenvalue weighted by Crippen LogP contribution is -2.65. The van der Waals surface area contributed by atoms with Gasteiger partial charge in [0.25, 0.3) is 5.91 Å². The van der Waals surface area contributed by atoms with Crippen molar-refractivity contribution in [3.05, 3.63) is 65.5 Å². The minimum Gasteiger partial charge on any atom is -0.337 e. The molecule has 8 heteroatoms. The molecule has 2 aliphatic rings. The molecule has 4 heterocycles. The van der Waals surface area contributed by atoms with Gasteiger partial charge in [0.05, 0.1) is 17.2 Å². The molecule has 2 aliphatic heterocycles. The van der Waals surface area contributed by atoms with Crippen molar-refractivity contribution in [1.29, 1.82) is 0 Å². The number of aryl methyl sites for hydroxylation is 2. The molecule has 2 atom stereocenters. The molecule has 1 amide bonds. The van der Waals surface area contributed by atoms with E-state index in [0.29, 0.717) is 19.0 Å². The van der Waals surface area contributed by atoms with Gasteiger partial charge in [0, 0.05) is 49.3 Å². The summed E-state index contributed by atoms with van der Waals surface area (Å²) < 4.78 is 14.7. The number of amides is 1. The normalized spacial score (nSPS) is 20.2. The maximum atomic E-state index is 14.7. The third kappa shape index (κ3) is 3.52. The van der Waals surface area contributed by atoms with E-state index < -0.39 is 5.82 Å². The van der Waals surface area contributed by atoms with Crippen LogP contribution >= 0.6 is 0 Å². The van der Waals surface area contributed by atoms with E-state index in [-0.39, 0.29) is 28.9 Å². The summed E-state index contributed by atoms with van der Waals surface area (Å²) in [5.74, 6) is 0.747. The van der Waals surface area contributed by atoms with E-state index in [4.69, 9.17) is 0 Å². The van der Waals surface area contributed by atoms with Gasteiger partial charge in [0.1, 0.15) is 5.82 Å². The van der Waals surface area contributed by atoms with Crippen LogP contribution in [0.4, 0.5) is 10.3 Å². The quantitative estimate of drug-likeness (QED) is 0.651. The zero-order chi connectivity index (χ0) is 21.5. The summed E-state index contributed by atoms with van der Waals surface area (Å²) in [6, 6.07) is 8.32. The highest BCUT2D eigenvalue weighted by Crippen LogP contribution is 2.36. The topological polar surface area (TPSA) is 75.1 Å². The number of anilines is 1. The second kappa shape index (κ2) is 7.68. The van der Waals surface area contributed by atoms with Crippen LogP contribution in [0.25, 0.3) is 11.4 Å². The Hall–Kier alpha value is -3.42. The summed E-state index contributed by atoms with van der Waals surface area (Å²) in [7, 11) is 0. The smallest absolute Gasteiger partial charge is 0.254 e. The van der Waals surface area contributed by atoms with Crippen molar-refractivity contribution >= 4 is 11.9 Å². The number of aromatic nitrogens is 4. The standard InChI is InChI=1S/C23H23FN6O/c1-14-11-15(2)28-23(27-14)30-12-16-7-10-29(13-19(16)30)22(31)17-5-3-6-18(24)20(17)21-25-8-4-9-26-21/h3-6,8-9,11,16,19H,7,10,12-13H2,1-2H3/t16-,19-/m0/s1. The van der Waals surface area contributed by atoms with E-state index in [0.717, 1.165) is 30.3 Å². The molecule has 3 aromatic rings. The van der Waals surface area contributed by atoms with Crippen LogP contribution in [0.2, 0.25) is 0 Å². The third-order valence-electron chi connectivity index (χ3n) is 6.10. The zero-order valence-corrected chi connectivity index (χ0v) is 17.5. The number of piperidine rings is 1. The lowest BCUT2D eigenvalue weighted by Gasteiger charge is -2.53. The van der Waals surface area contributed by atoms with E-state index >= 15 is 0 Å². The molecule has 158 valence electrons. The number of hydrogen-bond donors (Lipinski definition) is 0. The average molecular weight is 418 g/mol. The van der Waals surface area contributed by atoms with Crippen molar-refractivity contribution in [3.8, 4) is 11.4 Å². The van der Waals surface area contributed by atoms with Gasteiger partial charge in [0.2, 0.25) is 5.95 Å². The zero-order valence-electron chi connectivity index (χ0n) is 17.5. The molecule has 5 rings (SSSR count). The van der Waals surface area contributed by atoms with Gasteiger partial charge in [-0.05, 0) is 44.5 Å². The number of rotatable bonds is 3. The van der Waals surface area contributed by atoms with Crippen molar-refractivity contribution in [3.63, 3.8) is 0 Å². The van der Waals surface area contributed by atoms with Crippen molar-refractivity contribution in [2.75, 3.05) is 24.5 Å². The fraction of sp³-hybridized carbons (Fsp3) is 0.348. The molecule has 7 nitrogen and oxygen atoms in total. The fourth-order valence-corrected chi connectivity index (χ4v) is 4.57. The van der Waals surface area contributed by atoms with Crippen LogP contribution in [0.5, 0.6) is 0 Å². The van der Waals surface area contributed by atoms with Gasteiger partial charge < -0.3 is 9.80 Å². The minimum absolute atomic E-state index is 0.151. The lowest BCUT2D eigenvalue weighted by atomic mass is 9.82. The first-order chi connectivity index (χ1) is 15.0. The highest BCUT2D eigenvalue weighted by molar-refractivity contribution is 6.00. The molecule has 0 spiro atoms. The van der Waals surface area contributed by atoms with Gasteiger partial charge in [-0.3, -0.25) is 4.79 Å². The lowest BCUT2D eigenvalue weighted by molar-refractivity contribution is 0.0589. The Morgan fingerprint density at radius 1 is 1.06 bits per heavy atom. The van der Waals surface area contributed by atoms with Crippen LogP contribution in [0, 0.1) is 25.6 Å². The molecule has 2 fully saturated rings. The largest absolute Gasteiger partial charge is 0.337 e. The number of carbonyl (C=O) groups is 1. The van der Waals surface area contributed by atoms with Crippen LogP contribution < -0.4 is 4.90 Å². The van der Waals surface area contributed by atoms with Crippen molar-refractivity contribution in [1.82, 2.24) is 24.8 Å². The maximum absolute atomic E-state index is 14.7. The van der Waals surface area contributed by atoms with Crippen molar-refractivity contribution in [2.45, 2.75) is 26.3 Å². The third-order valence-corrected chi connectivity index (χ3v) is 6.10. The molecule has 0 N–H and O–H groups in total. The number of fused-ring (bicyclic) bond motifs is 1. The van der Waals surface area contributed by atoms with Gasteiger partial charge in [-0.25, -0.2) is 24.3 Å². The second-order valence-corrected chi connectivity index (χ2v) is 8.21. The van der Waals surface area contributed by atoms with Crippen LogP contribution in [-0.2, 0) is 0 Å². The Morgan fingerprint density at radius 3 is 2.55 bits per heavy atom. The van der Waals surface area contributed by atoms with E-state index in [1.54, 1.807) is 35.5 Å². The van der Waals surface area contributed by atoms with Gasteiger partial charge in [-0.1, -0.05) is 6.07 Å². The molecule has 0 saturated carbocycles. The predicted octanol–water partition coefficient (Wildman–Crippen LogP) is 3.04. The monoisotopic (exact) mass is 418 g/mol. The molecule has 0 radical (unpaired) electrons. The van der Waals surface area contributed by atoms with Gasteiger partial charge in [-0.2, -0.15) is 0 Å². The van der Waals surface area contributed by atoms with Crippen LogP contribution in [0.3, 0.4) is 0 Å². The molecule has 31 heavy (non-hydrogen) atoms. The summed E-state index contributed by atoms with van der Waals surface area (Å²) in [5.41, 5.74) is 2.31. The molecule has 1 aromatic carbocycles. The highest BCUT2D eigenvalue weighted by Gasteiger charge is 2.45. The van der Waals surface area contributed by atoms with E-state index in [1.807, 2.05) is 19.9 Å². The van der Waals surface area contributed by atoms with Gasteiger partial charge in [0.15, 0.2) is 5.82 Å². The Morgan fingerprint density at radius 2 is 1.81 bits per heavy atom. The summed E-state index contributed by atoms with van der Waals surface area (Å²) in [5, 5.41) is 0. The molecule has 0 bridgehead atoms. The number of benzene rings is 1. The van der Waals surface area contributed by atoms with Gasteiger partial charge in [-0.15, -0.1) is 0 Å². The minimum atomic E-state index is -0.499. The van der Waals surface area contributed by atoms with Crippen molar-refractivity contribution in [2.24, 2.45) is 5.92 Å². The number of hydrogen-bond acceptors (Lipinski definition) is 6. The fourth-order valence-electron chi connectivity index (χ4n) is 4.57. The number of carbonyl (C=O) groups excluding carboxylic acids is 1. The molecule has 0 aliphatic carbocycles. The van der Waals surface area contributed by atoms with Crippen LogP contribution in [-0.4, -0.2) is 56.4 Å². The van der Waals surface area contributed by atoms with Gasteiger partial charge >= 0.3 is 0 Å². The van der Waals surface area contributed by atoms with Crippen LogP contribution in [0.1, 0.15) is 28.2 Å². The number of likely N-dealkylation sites (tertiary alicyclic amines) is 1. The van der Waals surface area contributed by atoms with E-state index in [9.17, 15) is 9.18 Å². The SMILES string of the molecule is Cc1cc(C)nc(N2C[C@@H]3CCN(C(=O)c4cccc(F)c4-c4ncccn4)C[C@@H]32)n1. The van der Waals surface area contributed by atoms with E-state index in [1.165, 1.54) is 6.07 Å². The molecular formula is C23H23FN6O. The van der Waals surface area contributed by atoms with E-state index in [2.05, 4.69) is 24.8 Å². The average Bonchev–Trinajstić information content (AvgIpc) is 2.74. The Bertz CT molecular complexity index is 1120. The Kier molecular flexibility index (Phi) is 4.84. The molecule has 0 unspecified atom stereocenters. The first-order valence-corrected chi connectivity index (χ1v) is 10.5. The molecular weight excluding hydrogens is 395 g/mol. The summed E-state index contributed by atoms with van der Waals surface area (Å²) >= 11 is 0. The maximum Gasteiger partial charge on any atom is 0.254 e. The Labute approximate surface area is 180 Å². The first kappa shape index (κ1) is 19.5. The van der Waals surface area contributed by atoms with Crippen molar-refractivity contribution < 1.29 is 9.18 Å². The first-order valence-electron chi connectivity index (χ1n) is 10.5. The summed E-state index contributed by atoms with van der Waals surface area (Å²) in [6.45, 7) is 6.03. The summed E-state index contributed by atoms with van der Waals surface area (Å²) in [6.07, 6.45) is 4.00. The highest BCUT2D eigenvalue weighted by atomic mass is 19.1. The predicted molar refractivity (Wildman–Crippen MR) is 114 cm³/mol. The summed E-state index contributed by atoms with van der Waals surface area (Å²) in [4.78, 5) is 34.9.